The van der Waals surface area contributed by atoms with Gasteiger partial charge in [-0.05, 0) is 6.92 Å². The average molecular weight is 207 g/mol. The Morgan fingerprint density at radius 1 is 1.53 bits per heavy atom. The van der Waals surface area contributed by atoms with Gasteiger partial charge in [0.25, 0.3) is 11.7 Å². The normalized spacial score (nSPS) is 10.5. The van der Waals surface area contributed by atoms with Gasteiger partial charge < -0.3 is 0 Å². The Labute approximate surface area is 85.1 Å². The van der Waals surface area contributed by atoms with Crippen LogP contribution in [0.15, 0.2) is 12.5 Å². The fourth-order valence-corrected chi connectivity index (χ4v) is 1.26. The van der Waals surface area contributed by atoms with Gasteiger partial charge in [-0.25, -0.2) is 15.0 Å². The van der Waals surface area contributed by atoms with E-state index in [4.69, 9.17) is 0 Å². The van der Waals surface area contributed by atoms with Crippen molar-refractivity contribution in [3.05, 3.63) is 23.8 Å². The lowest BCUT2D eigenvalue weighted by atomic mass is 10.2. The topological polar surface area (TPSA) is 81.4 Å². The van der Waals surface area contributed by atoms with Crippen LogP contribution in [0, 0.1) is 6.92 Å². The van der Waals surface area contributed by atoms with E-state index in [0.29, 0.717) is 17.0 Å². The summed E-state index contributed by atoms with van der Waals surface area (Å²) in [7, 11) is 1.37. The second-order valence-electron chi connectivity index (χ2n) is 2.86. The highest BCUT2D eigenvalue weighted by Crippen LogP contribution is 2.06. The van der Waals surface area contributed by atoms with Crippen LogP contribution >= 0.6 is 0 Å². The summed E-state index contributed by atoms with van der Waals surface area (Å²) in [6, 6.07) is 0. The number of aryl methyl sites for hydroxylation is 1. The quantitative estimate of drug-likeness (QED) is 0.685. The number of amides is 1. The molecule has 15 heavy (non-hydrogen) atoms. The number of nitrogens with one attached hydrogen (secondary N) is 1. The standard InChI is InChI=1S/C8H9N5O2/c1-5-6(7(14)12-15-2)3-9-8-10-4-11-13(5)8/h3-4H,1-2H3,(H,12,14). The minimum absolute atomic E-state index is 0.361. The van der Waals surface area contributed by atoms with Gasteiger partial charge in [0.1, 0.15) is 6.33 Å². The van der Waals surface area contributed by atoms with E-state index >= 15 is 0 Å². The Kier molecular flexibility index (Phi) is 2.30. The summed E-state index contributed by atoms with van der Waals surface area (Å²) in [6.07, 6.45) is 2.82. The molecular formula is C8H9N5O2. The zero-order chi connectivity index (χ0) is 10.8. The van der Waals surface area contributed by atoms with Crippen molar-refractivity contribution in [3.8, 4) is 0 Å². The van der Waals surface area contributed by atoms with Crippen molar-refractivity contribution in [2.45, 2.75) is 6.92 Å². The number of carbonyl (C=O) groups excluding carboxylic acids is 1. The zero-order valence-corrected chi connectivity index (χ0v) is 8.26. The third-order valence-corrected chi connectivity index (χ3v) is 1.99. The highest BCUT2D eigenvalue weighted by atomic mass is 16.6. The lowest BCUT2D eigenvalue weighted by Gasteiger charge is -2.05. The Balaban J connectivity index is 2.52. The number of carbonyl (C=O) groups is 1. The Morgan fingerprint density at radius 3 is 3.07 bits per heavy atom. The molecule has 78 valence electrons. The third-order valence-electron chi connectivity index (χ3n) is 1.99. The molecule has 0 spiro atoms. The van der Waals surface area contributed by atoms with Crippen LogP contribution in [0.5, 0.6) is 0 Å². The van der Waals surface area contributed by atoms with Crippen molar-refractivity contribution < 1.29 is 9.63 Å². The highest BCUT2D eigenvalue weighted by molar-refractivity contribution is 5.94. The lowest BCUT2D eigenvalue weighted by molar-refractivity contribution is 0.0536. The number of nitrogens with zero attached hydrogens (tertiary/aromatic N) is 4. The number of hydrogen-bond acceptors (Lipinski definition) is 5. The number of hydroxylamine groups is 1. The summed E-state index contributed by atoms with van der Waals surface area (Å²) in [5, 5.41) is 3.94. The summed E-state index contributed by atoms with van der Waals surface area (Å²) in [4.78, 5) is 23.9. The fourth-order valence-electron chi connectivity index (χ4n) is 1.26. The van der Waals surface area contributed by atoms with Gasteiger partial charge >= 0.3 is 0 Å². The Morgan fingerprint density at radius 2 is 2.33 bits per heavy atom. The molecule has 0 saturated heterocycles. The molecular weight excluding hydrogens is 198 g/mol. The maximum Gasteiger partial charge on any atom is 0.278 e. The maximum atomic E-state index is 11.5. The minimum atomic E-state index is -0.361. The van der Waals surface area contributed by atoms with Crippen LogP contribution in [0.25, 0.3) is 5.78 Å². The maximum absolute atomic E-state index is 11.5. The molecule has 0 bridgehead atoms. The SMILES string of the molecule is CONC(=O)c1cnc2ncnn2c1C. The monoisotopic (exact) mass is 207 g/mol. The smallest absolute Gasteiger partial charge is 0.277 e. The summed E-state index contributed by atoms with van der Waals surface area (Å²) in [5.41, 5.74) is 3.28. The molecule has 0 atom stereocenters. The van der Waals surface area contributed by atoms with Crippen molar-refractivity contribution in [1.29, 1.82) is 0 Å². The second kappa shape index (κ2) is 3.62. The third kappa shape index (κ3) is 1.52. The number of fused-ring (bicyclic) bond motifs is 1. The van der Waals surface area contributed by atoms with Crippen LogP contribution in [0.3, 0.4) is 0 Å². The van der Waals surface area contributed by atoms with Crippen molar-refractivity contribution in [3.63, 3.8) is 0 Å². The first-order chi connectivity index (χ1) is 7.24. The molecule has 2 aromatic rings. The van der Waals surface area contributed by atoms with Crippen molar-refractivity contribution in [1.82, 2.24) is 25.1 Å². The predicted molar refractivity (Wildman–Crippen MR) is 50.0 cm³/mol. The molecule has 0 aliphatic carbocycles. The molecule has 0 aliphatic rings. The van der Waals surface area contributed by atoms with Crippen LogP contribution in [-0.2, 0) is 4.84 Å². The van der Waals surface area contributed by atoms with Crippen LogP contribution in [0.4, 0.5) is 0 Å². The van der Waals surface area contributed by atoms with E-state index in [1.165, 1.54) is 24.1 Å². The van der Waals surface area contributed by atoms with Crippen LogP contribution in [0.2, 0.25) is 0 Å². The van der Waals surface area contributed by atoms with Gasteiger partial charge in [0, 0.05) is 6.20 Å². The molecule has 0 radical (unpaired) electrons. The molecule has 7 heteroatoms. The number of hydrogen-bond donors (Lipinski definition) is 1. The Hall–Kier alpha value is -2.02. The molecule has 0 fully saturated rings. The van der Waals surface area contributed by atoms with E-state index in [-0.39, 0.29) is 5.91 Å². The van der Waals surface area contributed by atoms with Gasteiger partial charge in [-0.15, -0.1) is 0 Å². The minimum Gasteiger partial charge on any atom is -0.277 e. The molecule has 0 aromatic carbocycles. The average Bonchev–Trinajstić information content (AvgIpc) is 2.67. The molecule has 0 unspecified atom stereocenters. The van der Waals surface area contributed by atoms with E-state index in [2.05, 4.69) is 25.4 Å². The largest absolute Gasteiger partial charge is 0.278 e. The lowest BCUT2D eigenvalue weighted by Crippen LogP contribution is -2.24. The van der Waals surface area contributed by atoms with Gasteiger partial charge in [-0.1, -0.05) is 0 Å². The molecule has 7 nitrogen and oxygen atoms in total. The van der Waals surface area contributed by atoms with Crippen molar-refractivity contribution >= 4 is 11.7 Å². The van der Waals surface area contributed by atoms with Gasteiger partial charge in [0.2, 0.25) is 0 Å². The van der Waals surface area contributed by atoms with Crippen LogP contribution in [-0.4, -0.2) is 32.6 Å². The summed E-state index contributed by atoms with van der Waals surface area (Å²) < 4.78 is 1.49. The first-order valence-corrected chi connectivity index (χ1v) is 4.22. The molecule has 2 rings (SSSR count). The molecule has 0 saturated carbocycles. The van der Waals surface area contributed by atoms with E-state index < -0.39 is 0 Å². The van der Waals surface area contributed by atoms with Gasteiger partial charge in [-0.3, -0.25) is 9.63 Å². The van der Waals surface area contributed by atoms with E-state index in [1.807, 2.05) is 0 Å². The molecule has 0 aliphatic heterocycles. The van der Waals surface area contributed by atoms with Gasteiger partial charge in [0.05, 0.1) is 18.4 Å². The van der Waals surface area contributed by atoms with Crippen molar-refractivity contribution in [2.75, 3.05) is 7.11 Å². The fraction of sp³-hybridized carbons (Fsp3) is 0.250. The first kappa shape index (κ1) is 9.53. The van der Waals surface area contributed by atoms with E-state index in [1.54, 1.807) is 6.92 Å². The molecule has 2 heterocycles. The molecule has 1 amide bonds. The first-order valence-electron chi connectivity index (χ1n) is 4.22. The summed E-state index contributed by atoms with van der Waals surface area (Å²) >= 11 is 0. The molecule has 1 N–H and O–H groups in total. The molecule has 2 aromatic heterocycles. The number of aromatic nitrogens is 4. The predicted octanol–water partition coefficient (Wildman–Crippen LogP) is -0.276. The number of rotatable bonds is 2. The summed E-state index contributed by atoms with van der Waals surface area (Å²) in [6.45, 7) is 1.76. The van der Waals surface area contributed by atoms with Crippen LogP contribution in [0.1, 0.15) is 16.1 Å². The van der Waals surface area contributed by atoms with Gasteiger partial charge in [0.15, 0.2) is 0 Å². The summed E-state index contributed by atoms with van der Waals surface area (Å²) in [5.74, 6) is 0.0985. The second-order valence-corrected chi connectivity index (χ2v) is 2.86. The van der Waals surface area contributed by atoms with Crippen molar-refractivity contribution in [2.24, 2.45) is 0 Å². The van der Waals surface area contributed by atoms with E-state index in [9.17, 15) is 4.79 Å². The zero-order valence-electron chi connectivity index (χ0n) is 8.26. The highest BCUT2D eigenvalue weighted by Gasteiger charge is 2.12. The van der Waals surface area contributed by atoms with Crippen LogP contribution < -0.4 is 5.48 Å². The Bertz CT molecular complexity index is 507. The van der Waals surface area contributed by atoms with Gasteiger partial charge in [-0.2, -0.15) is 10.1 Å². The van der Waals surface area contributed by atoms with E-state index in [0.717, 1.165) is 0 Å².